The average Bonchev–Trinajstić information content (AvgIpc) is 3.12. The van der Waals surface area contributed by atoms with Gasteiger partial charge >= 0.3 is 0 Å². The van der Waals surface area contributed by atoms with Crippen LogP contribution in [-0.2, 0) is 14.8 Å². The van der Waals surface area contributed by atoms with Crippen LogP contribution in [0.25, 0.3) is 22.4 Å². The second kappa shape index (κ2) is 7.37. The first kappa shape index (κ1) is 18.6. The van der Waals surface area contributed by atoms with Gasteiger partial charge in [0.1, 0.15) is 5.82 Å². The lowest BCUT2D eigenvalue weighted by molar-refractivity contribution is -0.120. The number of nitrogens with one attached hydrogen (secondary N) is 2. The van der Waals surface area contributed by atoms with Gasteiger partial charge in [0.15, 0.2) is 0 Å². The zero-order valence-corrected chi connectivity index (χ0v) is 16.4. The van der Waals surface area contributed by atoms with Crippen LogP contribution in [0.4, 0.5) is 5.69 Å². The maximum absolute atomic E-state index is 12.7. The van der Waals surface area contributed by atoms with Crippen LogP contribution < -0.4 is 5.32 Å². The normalized spacial score (nSPS) is 18.2. The number of fused-ring (bicyclic) bond motifs is 1. The number of benzene rings is 2. The summed E-state index contributed by atoms with van der Waals surface area (Å²) >= 11 is 0. The SMILES string of the molecule is CS(=O)(=O)N1CCCC(C(=O)Nc2cccc(-c3nc4ccccc4[nH]3)c2)C1. The first-order chi connectivity index (χ1) is 13.4. The van der Waals surface area contributed by atoms with E-state index in [0.717, 1.165) is 22.4 Å². The van der Waals surface area contributed by atoms with Gasteiger partial charge < -0.3 is 10.3 Å². The van der Waals surface area contributed by atoms with Crippen LogP contribution in [-0.4, -0.2) is 47.9 Å². The molecule has 2 N–H and O–H groups in total. The summed E-state index contributed by atoms with van der Waals surface area (Å²) in [4.78, 5) is 20.5. The Bertz CT molecular complexity index is 1090. The predicted molar refractivity (Wildman–Crippen MR) is 109 cm³/mol. The smallest absolute Gasteiger partial charge is 0.228 e. The fourth-order valence-corrected chi connectivity index (χ4v) is 4.45. The predicted octanol–water partition coefficient (Wildman–Crippen LogP) is 2.84. The van der Waals surface area contributed by atoms with E-state index in [9.17, 15) is 13.2 Å². The molecule has 0 saturated carbocycles. The molecule has 1 amide bonds. The number of hydrogen-bond donors (Lipinski definition) is 2. The molecule has 28 heavy (non-hydrogen) atoms. The van der Waals surface area contributed by atoms with Crippen molar-refractivity contribution in [3.63, 3.8) is 0 Å². The summed E-state index contributed by atoms with van der Waals surface area (Å²) < 4.78 is 24.9. The number of imidazole rings is 1. The summed E-state index contributed by atoms with van der Waals surface area (Å²) in [5.74, 6) is 0.228. The van der Waals surface area contributed by atoms with Gasteiger partial charge in [-0.2, -0.15) is 0 Å². The number of H-pyrrole nitrogens is 1. The van der Waals surface area contributed by atoms with E-state index in [4.69, 9.17) is 0 Å². The number of amides is 1. The Morgan fingerprint density at radius 1 is 1.21 bits per heavy atom. The van der Waals surface area contributed by atoms with E-state index < -0.39 is 10.0 Å². The Kier molecular flexibility index (Phi) is 4.91. The highest BCUT2D eigenvalue weighted by molar-refractivity contribution is 7.88. The minimum absolute atomic E-state index is 0.157. The molecule has 0 aliphatic carbocycles. The Labute approximate surface area is 163 Å². The third kappa shape index (κ3) is 3.93. The highest BCUT2D eigenvalue weighted by atomic mass is 32.2. The van der Waals surface area contributed by atoms with E-state index >= 15 is 0 Å². The van der Waals surface area contributed by atoms with Crippen molar-refractivity contribution in [1.82, 2.24) is 14.3 Å². The molecule has 4 rings (SSSR count). The molecule has 3 aromatic rings. The number of carbonyl (C=O) groups is 1. The van der Waals surface area contributed by atoms with Crippen molar-refractivity contribution in [1.29, 1.82) is 0 Å². The van der Waals surface area contributed by atoms with Crippen LogP contribution in [0.5, 0.6) is 0 Å². The molecule has 8 heteroatoms. The van der Waals surface area contributed by atoms with Gasteiger partial charge in [-0.15, -0.1) is 0 Å². The Morgan fingerprint density at radius 3 is 2.82 bits per heavy atom. The van der Waals surface area contributed by atoms with E-state index in [1.165, 1.54) is 10.6 Å². The molecule has 1 aliphatic rings. The maximum Gasteiger partial charge on any atom is 0.228 e. The van der Waals surface area contributed by atoms with E-state index in [0.29, 0.717) is 25.1 Å². The highest BCUT2D eigenvalue weighted by Crippen LogP contribution is 2.25. The number of aromatic nitrogens is 2. The van der Waals surface area contributed by atoms with Gasteiger partial charge in [0.2, 0.25) is 15.9 Å². The van der Waals surface area contributed by atoms with Gasteiger partial charge in [0.05, 0.1) is 23.2 Å². The molecule has 1 aromatic heterocycles. The molecule has 1 saturated heterocycles. The van der Waals surface area contributed by atoms with Crippen LogP contribution in [0.1, 0.15) is 12.8 Å². The topological polar surface area (TPSA) is 95.2 Å². The number of rotatable bonds is 4. The van der Waals surface area contributed by atoms with Crippen LogP contribution in [0, 0.1) is 5.92 Å². The average molecular weight is 398 g/mol. The molecule has 146 valence electrons. The summed E-state index contributed by atoms with van der Waals surface area (Å²) in [5.41, 5.74) is 3.37. The zero-order valence-electron chi connectivity index (χ0n) is 15.6. The minimum Gasteiger partial charge on any atom is -0.338 e. The van der Waals surface area contributed by atoms with E-state index in [-0.39, 0.29) is 18.4 Å². The van der Waals surface area contributed by atoms with Gasteiger partial charge in [-0.1, -0.05) is 24.3 Å². The van der Waals surface area contributed by atoms with Crippen molar-refractivity contribution in [2.45, 2.75) is 12.8 Å². The number of hydrogen-bond acceptors (Lipinski definition) is 4. The lowest BCUT2D eigenvalue weighted by atomic mass is 9.98. The van der Waals surface area contributed by atoms with Gasteiger partial charge in [-0.3, -0.25) is 4.79 Å². The second-order valence-corrected chi connectivity index (χ2v) is 9.12. The van der Waals surface area contributed by atoms with Crippen LogP contribution >= 0.6 is 0 Å². The van der Waals surface area contributed by atoms with Gasteiger partial charge in [0.25, 0.3) is 0 Å². The molecule has 7 nitrogen and oxygen atoms in total. The molecule has 1 unspecified atom stereocenters. The van der Waals surface area contributed by atoms with Crippen molar-refractivity contribution < 1.29 is 13.2 Å². The Hall–Kier alpha value is -2.71. The fourth-order valence-electron chi connectivity index (χ4n) is 3.54. The number of para-hydroxylation sites is 2. The van der Waals surface area contributed by atoms with E-state index in [2.05, 4.69) is 15.3 Å². The largest absolute Gasteiger partial charge is 0.338 e. The third-order valence-electron chi connectivity index (χ3n) is 5.02. The number of carbonyl (C=O) groups excluding carboxylic acids is 1. The number of anilines is 1. The Balaban J connectivity index is 1.51. The van der Waals surface area contributed by atoms with E-state index in [1.807, 2.05) is 48.5 Å². The quantitative estimate of drug-likeness (QED) is 0.706. The molecular weight excluding hydrogens is 376 g/mol. The molecule has 1 fully saturated rings. The van der Waals surface area contributed by atoms with Gasteiger partial charge in [-0.25, -0.2) is 17.7 Å². The molecule has 2 heterocycles. The molecular formula is C20H22N4O3S. The van der Waals surface area contributed by atoms with Crippen molar-refractivity contribution in [3.8, 4) is 11.4 Å². The molecule has 2 aromatic carbocycles. The highest BCUT2D eigenvalue weighted by Gasteiger charge is 2.30. The molecule has 0 spiro atoms. The Morgan fingerprint density at radius 2 is 2.04 bits per heavy atom. The third-order valence-corrected chi connectivity index (χ3v) is 6.29. The van der Waals surface area contributed by atoms with Crippen LogP contribution in [0.3, 0.4) is 0 Å². The van der Waals surface area contributed by atoms with Crippen molar-refractivity contribution >= 4 is 32.7 Å². The summed E-state index contributed by atoms with van der Waals surface area (Å²) in [6.07, 6.45) is 2.55. The minimum atomic E-state index is -3.28. The number of aromatic amines is 1. The number of sulfonamides is 1. The number of nitrogens with zero attached hydrogens (tertiary/aromatic N) is 2. The van der Waals surface area contributed by atoms with Crippen molar-refractivity contribution in [2.75, 3.05) is 24.7 Å². The van der Waals surface area contributed by atoms with Gasteiger partial charge in [0, 0.05) is 24.3 Å². The second-order valence-electron chi connectivity index (χ2n) is 7.13. The molecule has 1 aliphatic heterocycles. The van der Waals surface area contributed by atoms with Crippen LogP contribution in [0.15, 0.2) is 48.5 Å². The van der Waals surface area contributed by atoms with E-state index in [1.54, 1.807) is 0 Å². The van der Waals surface area contributed by atoms with Crippen molar-refractivity contribution in [2.24, 2.45) is 5.92 Å². The standard InChI is InChI=1S/C20H22N4O3S/c1-28(26,27)24-11-5-7-15(13-24)20(25)21-16-8-4-6-14(12-16)19-22-17-9-2-3-10-18(17)23-19/h2-4,6,8-10,12,15H,5,7,11,13H2,1H3,(H,21,25)(H,22,23). The fraction of sp³-hybridized carbons (Fsp3) is 0.300. The summed E-state index contributed by atoms with van der Waals surface area (Å²) in [7, 11) is -3.28. The number of piperidine rings is 1. The monoisotopic (exact) mass is 398 g/mol. The maximum atomic E-state index is 12.7. The van der Waals surface area contributed by atoms with Crippen LogP contribution in [0.2, 0.25) is 0 Å². The lowest BCUT2D eigenvalue weighted by Crippen LogP contribution is -2.43. The summed E-state index contributed by atoms with van der Waals surface area (Å²) in [5, 5.41) is 2.93. The first-order valence-corrected chi connectivity index (χ1v) is 11.1. The molecule has 0 radical (unpaired) electrons. The molecule has 1 atom stereocenters. The summed E-state index contributed by atoms with van der Waals surface area (Å²) in [6, 6.07) is 15.3. The van der Waals surface area contributed by atoms with Crippen molar-refractivity contribution in [3.05, 3.63) is 48.5 Å². The lowest BCUT2D eigenvalue weighted by Gasteiger charge is -2.30. The zero-order chi connectivity index (χ0) is 19.7. The summed E-state index contributed by atoms with van der Waals surface area (Å²) in [6.45, 7) is 0.706. The molecule has 0 bridgehead atoms. The van der Waals surface area contributed by atoms with Gasteiger partial charge in [-0.05, 0) is 37.1 Å². The first-order valence-electron chi connectivity index (χ1n) is 9.21.